The Morgan fingerprint density at radius 3 is 2.47 bits per heavy atom. The lowest BCUT2D eigenvalue weighted by Crippen LogP contribution is -2.19. The van der Waals surface area contributed by atoms with Crippen LogP contribution in [0.4, 0.5) is 5.95 Å². The number of hydrogen-bond acceptors (Lipinski definition) is 4. The summed E-state index contributed by atoms with van der Waals surface area (Å²) in [7, 11) is 1.88. The quantitative estimate of drug-likeness (QED) is 0.908. The smallest absolute Gasteiger partial charge is 0.338 e. The molecular weight excluding hydrogens is 242 g/mol. The summed E-state index contributed by atoms with van der Waals surface area (Å²) in [6, 6.07) is 8.09. The van der Waals surface area contributed by atoms with Crippen LogP contribution in [0.5, 0.6) is 0 Å². The molecule has 1 aromatic carbocycles. The Morgan fingerprint density at radius 2 is 1.89 bits per heavy atom. The molecule has 0 atom stereocenters. The minimum absolute atomic E-state index is 0.0908. The van der Waals surface area contributed by atoms with Gasteiger partial charge in [0.05, 0.1) is 5.56 Å². The number of benzene rings is 1. The second-order valence-corrected chi connectivity index (χ2v) is 4.36. The molecule has 2 rings (SSSR count). The van der Waals surface area contributed by atoms with Crippen molar-refractivity contribution in [1.29, 1.82) is 0 Å². The van der Waals surface area contributed by atoms with Gasteiger partial charge in [-0.25, -0.2) is 14.8 Å². The van der Waals surface area contributed by atoms with Gasteiger partial charge in [0, 0.05) is 26.0 Å². The standard InChI is InChI=1S/C14H15N3O2/c1-10-5-3-4-6-11(10)9-17(2)14-15-7-12(8-16-14)13(18)19/h3-8H,9H2,1-2H3,(H,18,19). The topological polar surface area (TPSA) is 66.3 Å². The lowest BCUT2D eigenvalue weighted by atomic mass is 10.1. The van der Waals surface area contributed by atoms with E-state index in [9.17, 15) is 4.79 Å². The molecule has 98 valence electrons. The lowest BCUT2D eigenvalue weighted by molar-refractivity contribution is 0.0696. The van der Waals surface area contributed by atoms with Crippen molar-refractivity contribution < 1.29 is 9.90 Å². The molecule has 0 aliphatic rings. The van der Waals surface area contributed by atoms with Crippen molar-refractivity contribution in [3.05, 3.63) is 53.3 Å². The van der Waals surface area contributed by atoms with Gasteiger partial charge in [0.2, 0.25) is 5.95 Å². The monoisotopic (exact) mass is 257 g/mol. The number of anilines is 1. The van der Waals surface area contributed by atoms with E-state index in [2.05, 4.69) is 29.0 Å². The van der Waals surface area contributed by atoms with Crippen LogP contribution in [0.25, 0.3) is 0 Å². The van der Waals surface area contributed by atoms with E-state index in [1.54, 1.807) is 0 Å². The SMILES string of the molecule is Cc1ccccc1CN(C)c1ncc(C(=O)O)cn1. The van der Waals surface area contributed by atoms with Gasteiger partial charge in [0.25, 0.3) is 0 Å². The Balaban J connectivity index is 2.14. The van der Waals surface area contributed by atoms with Crippen molar-refractivity contribution in [3.8, 4) is 0 Å². The van der Waals surface area contributed by atoms with Crippen molar-refractivity contribution in [3.63, 3.8) is 0 Å². The van der Waals surface area contributed by atoms with Gasteiger partial charge in [0.15, 0.2) is 0 Å². The molecular formula is C14H15N3O2. The molecule has 1 N–H and O–H groups in total. The van der Waals surface area contributed by atoms with Gasteiger partial charge >= 0.3 is 5.97 Å². The third kappa shape index (κ3) is 3.07. The Hall–Kier alpha value is -2.43. The van der Waals surface area contributed by atoms with E-state index in [-0.39, 0.29) is 5.56 Å². The van der Waals surface area contributed by atoms with E-state index in [0.29, 0.717) is 12.5 Å². The van der Waals surface area contributed by atoms with Crippen molar-refractivity contribution in [1.82, 2.24) is 9.97 Å². The molecule has 5 heteroatoms. The molecule has 0 amide bonds. The first-order chi connectivity index (χ1) is 9.08. The molecule has 1 heterocycles. The highest BCUT2D eigenvalue weighted by molar-refractivity contribution is 5.86. The lowest BCUT2D eigenvalue weighted by Gasteiger charge is -2.18. The first-order valence-electron chi connectivity index (χ1n) is 5.89. The summed E-state index contributed by atoms with van der Waals surface area (Å²) in [5.41, 5.74) is 2.49. The van der Waals surface area contributed by atoms with E-state index in [1.165, 1.54) is 23.5 Å². The first kappa shape index (κ1) is 13.0. The van der Waals surface area contributed by atoms with E-state index in [1.807, 2.05) is 24.1 Å². The van der Waals surface area contributed by atoms with Gasteiger partial charge in [-0.15, -0.1) is 0 Å². The summed E-state index contributed by atoms with van der Waals surface area (Å²) in [6.07, 6.45) is 2.64. The second-order valence-electron chi connectivity index (χ2n) is 4.36. The molecule has 0 aliphatic carbocycles. The Kier molecular flexibility index (Phi) is 3.75. The van der Waals surface area contributed by atoms with Crippen LogP contribution in [0.3, 0.4) is 0 Å². The van der Waals surface area contributed by atoms with Crippen molar-refractivity contribution in [2.75, 3.05) is 11.9 Å². The van der Waals surface area contributed by atoms with Gasteiger partial charge in [-0.05, 0) is 18.1 Å². The minimum atomic E-state index is -1.02. The van der Waals surface area contributed by atoms with Crippen molar-refractivity contribution in [2.45, 2.75) is 13.5 Å². The number of aryl methyl sites for hydroxylation is 1. The van der Waals surface area contributed by atoms with Crippen LogP contribution in [0.15, 0.2) is 36.7 Å². The number of carbonyl (C=O) groups is 1. The number of carboxylic acids is 1. The van der Waals surface area contributed by atoms with Crippen molar-refractivity contribution >= 4 is 11.9 Å². The summed E-state index contributed by atoms with van der Waals surface area (Å²) in [5, 5.41) is 8.79. The molecule has 2 aromatic rings. The Labute approximate surface area is 111 Å². The maximum absolute atomic E-state index is 10.7. The average molecular weight is 257 g/mol. The predicted molar refractivity (Wildman–Crippen MR) is 72.3 cm³/mol. The summed E-state index contributed by atoms with van der Waals surface area (Å²) in [5.74, 6) is -0.513. The fraction of sp³-hybridized carbons (Fsp3) is 0.214. The van der Waals surface area contributed by atoms with Crippen LogP contribution in [-0.4, -0.2) is 28.1 Å². The molecule has 0 saturated heterocycles. The van der Waals surface area contributed by atoms with Gasteiger partial charge in [-0.1, -0.05) is 24.3 Å². The third-order valence-corrected chi connectivity index (χ3v) is 2.90. The van der Waals surface area contributed by atoms with Crippen LogP contribution >= 0.6 is 0 Å². The average Bonchev–Trinajstić information content (AvgIpc) is 2.41. The van der Waals surface area contributed by atoms with Crippen LogP contribution < -0.4 is 4.90 Å². The van der Waals surface area contributed by atoms with Crippen LogP contribution in [0.1, 0.15) is 21.5 Å². The summed E-state index contributed by atoms with van der Waals surface area (Å²) < 4.78 is 0. The fourth-order valence-electron chi connectivity index (χ4n) is 1.74. The van der Waals surface area contributed by atoms with E-state index in [4.69, 9.17) is 5.11 Å². The molecule has 0 unspecified atom stereocenters. The fourth-order valence-corrected chi connectivity index (χ4v) is 1.74. The highest BCUT2D eigenvalue weighted by Crippen LogP contribution is 2.13. The number of rotatable bonds is 4. The van der Waals surface area contributed by atoms with E-state index < -0.39 is 5.97 Å². The minimum Gasteiger partial charge on any atom is -0.478 e. The van der Waals surface area contributed by atoms with Gasteiger partial charge < -0.3 is 10.0 Å². The van der Waals surface area contributed by atoms with E-state index in [0.717, 1.165) is 0 Å². The molecule has 0 bridgehead atoms. The second kappa shape index (κ2) is 5.48. The van der Waals surface area contributed by atoms with Crippen LogP contribution in [0.2, 0.25) is 0 Å². The Bertz CT molecular complexity index is 581. The molecule has 0 saturated carbocycles. The van der Waals surface area contributed by atoms with Crippen molar-refractivity contribution in [2.24, 2.45) is 0 Å². The largest absolute Gasteiger partial charge is 0.478 e. The van der Waals surface area contributed by atoms with Gasteiger partial charge in [-0.2, -0.15) is 0 Å². The maximum atomic E-state index is 10.7. The number of aromatic nitrogens is 2. The predicted octanol–water partition coefficient (Wildman–Crippen LogP) is 2.12. The summed E-state index contributed by atoms with van der Waals surface area (Å²) >= 11 is 0. The van der Waals surface area contributed by atoms with Crippen LogP contribution in [0, 0.1) is 6.92 Å². The normalized spacial score (nSPS) is 10.2. The first-order valence-corrected chi connectivity index (χ1v) is 5.89. The van der Waals surface area contributed by atoms with Gasteiger partial charge in [-0.3, -0.25) is 0 Å². The number of nitrogens with zero attached hydrogens (tertiary/aromatic N) is 3. The zero-order chi connectivity index (χ0) is 13.8. The molecule has 0 fully saturated rings. The zero-order valence-corrected chi connectivity index (χ0v) is 10.9. The van der Waals surface area contributed by atoms with Gasteiger partial charge in [0.1, 0.15) is 0 Å². The molecule has 0 aliphatic heterocycles. The molecule has 0 spiro atoms. The summed E-state index contributed by atoms with van der Waals surface area (Å²) in [4.78, 5) is 20.7. The number of hydrogen-bond donors (Lipinski definition) is 1. The van der Waals surface area contributed by atoms with E-state index >= 15 is 0 Å². The highest BCUT2D eigenvalue weighted by Gasteiger charge is 2.09. The number of aromatic carboxylic acids is 1. The molecule has 1 aromatic heterocycles. The van der Waals surface area contributed by atoms with Crippen LogP contribution in [-0.2, 0) is 6.54 Å². The molecule has 19 heavy (non-hydrogen) atoms. The molecule has 0 radical (unpaired) electrons. The number of carboxylic acid groups (broad SMARTS) is 1. The maximum Gasteiger partial charge on any atom is 0.338 e. The Morgan fingerprint density at radius 1 is 1.26 bits per heavy atom. The molecule has 5 nitrogen and oxygen atoms in total. The highest BCUT2D eigenvalue weighted by atomic mass is 16.4. The zero-order valence-electron chi connectivity index (χ0n) is 10.9. The third-order valence-electron chi connectivity index (χ3n) is 2.90. The summed E-state index contributed by atoms with van der Waals surface area (Å²) in [6.45, 7) is 2.73.